The van der Waals surface area contributed by atoms with E-state index >= 15 is 4.39 Å². The third-order valence-corrected chi connectivity index (χ3v) is 11.2. The van der Waals surface area contributed by atoms with Crippen molar-refractivity contribution in [3.63, 3.8) is 0 Å². The van der Waals surface area contributed by atoms with Gasteiger partial charge in [0.25, 0.3) is 5.56 Å². The van der Waals surface area contributed by atoms with Crippen LogP contribution in [-0.2, 0) is 31.6 Å². The molecule has 270 valence electrons. The van der Waals surface area contributed by atoms with Crippen LogP contribution in [0.15, 0.2) is 80.9 Å². The maximum Gasteiger partial charge on any atom is 0.490 e. The molecule has 2 aromatic heterocycles. The van der Waals surface area contributed by atoms with Gasteiger partial charge >= 0.3 is 29.2 Å². The first-order valence-corrected chi connectivity index (χ1v) is 18.9. The smallest absolute Gasteiger partial charge is 0.436 e. The molecule has 1 fully saturated rings. The molecular weight excluding hydrogens is 744 g/mol. The van der Waals surface area contributed by atoms with Gasteiger partial charge in [0.05, 0.1) is 18.3 Å². The van der Waals surface area contributed by atoms with Crippen LogP contribution in [0.4, 0.5) is 10.1 Å². The van der Waals surface area contributed by atoms with Crippen molar-refractivity contribution in [1.29, 1.82) is 0 Å². The van der Waals surface area contributed by atoms with Crippen molar-refractivity contribution in [2.24, 2.45) is 0 Å². The molecule has 1 aliphatic rings. The van der Waals surface area contributed by atoms with Crippen LogP contribution in [0.5, 0.6) is 0 Å². The van der Waals surface area contributed by atoms with Gasteiger partial charge < -0.3 is 39.6 Å². The number of nitrogens with two attached hydrogens (primary N) is 1. The van der Waals surface area contributed by atoms with Gasteiger partial charge in [-0.25, -0.2) is 27.9 Å². The second kappa shape index (κ2) is 13.8. The molecule has 3 heterocycles. The Hall–Kier alpha value is -4.13. The fraction of sp³-hybridized carbons (Fsp3) is 0.179. The molecule has 0 bridgehead atoms. The zero-order valence-electron chi connectivity index (χ0n) is 25.5. The van der Waals surface area contributed by atoms with E-state index in [-0.39, 0.29) is 17.5 Å². The average molecular weight is 770 g/mol. The quantitative estimate of drug-likeness (QED) is 0.0748. The summed E-state index contributed by atoms with van der Waals surface area (Å²) in [6.07, 6.45) is -3.61. The molecular formula is C28H26FN4O15P3. The Kier molecular flexibility index (Phi) is 9.90. The van der Waals surface area contributed by atoms with Crippen LogP contribution in [0, 0.1) is 5.82 Å². The summed E-state index contributed by atoms with van der Waals surface area (Å²) in [6.45, 7) is -0.993. The lowest BCUT2D eigenvalue weighted by Gasteiger charge is -2.19. The minimum absolute atomic E-state index is 0.182. The summed E-state index contributed by atoms with van der Waals surface area (Å²) in [7, 11) is -16.9. The molecule has 5 atom stereocenters. The normalized spacial score (nSPS) is 20.3. The molecule has 19 nitrogen and oxygen atoms in total. The van der Waals surface area contributed by atoms with Crippen LogP contribution in [-0.4, -0.2) is 58.0 Å². The van der Waals surface area contributed by atoms with Crippen molar-refractivity contribution < 1.29 is 65.1 Å². The summed E-state index contributed by atoms with van der Waals surface area (Å²) in [4.78, 5) is 68.2. The standard InChI is InChI=1S/C28H26FN4O15P3/c29-20-9-16(14-1-3-15(4-2-14)27-31-21-10-17(30)6-8-23(21)46-27)5-7-18(20)19-12-33(28(36)32-26(19)35)25-11-22(34)24(45-25)13-44-50(40,41)48-51(42,43)47-49(37,38)39/h1-10,12,22,24-25,34H,11,13,30H2,(H,40,41)(H,42,43)(H,32,35,36)(H2,37,38,39)/t22-,24+,25+/m0/s1. The van der Waals surface area contributed by atoms with Crippen LogP contribution in [0.2, 0.25) is 0 Å². The van der Waals surface area contributed by atoms with Crippen LogP contribution < -0.4 is 17.0 Å². The van der Waals surface area contributed by atoms with Gasteiger partial charge in [0.2, 0.25) is 5.89 Å². The minimum atomic E-state index is -5.79. The molecule has 1 aliphatic heterocycles. The van der Waals surface area contributed by atoms with Crippen molar-refractivity contribution in [1.82, 2.24) is 14.5 Å². The zero-order valence-corrected chi connectivity index (χ0v) is 28.2. The van der Waals surface area contributed by atoms with Crippen molar-refractivity contribution in [3.05, 3.63) is 93.5 Å². The maximum absolute atomic E-state index is 15.5. The van der Waals surface area contributed by atoms with Crippen molar-refractivity contribution in [2.45, 2.75) is 24.9 Å². The van der Waals surface area contributed by atoms with E-state index in [1.54, 1.807) is 48.5 Å². The number of rotatable bonds is 11. The van der Waals surface area contributed by atoms with E-state index in [1.807, 2.05) is 0 Å². The van der Waals surface area contributed by atoms with Gasteiger partial charge in [-0.15, -0.1) is 0 Å². The van der Waals surface area contributed by atoms with Gasteiger partial charge in [-0.1, -0.05) is 24.3 Å². The van der Waals surface area contributed by atoms with Crippen molar-refractivity contribution >= 4 is 40.3 Å². The number of hydrogen-bond donors (Lipinski definition) is 7. The molecule has 0 amide bonds. The van der Waals surface area contributed by atoms with E-state index < -0.39 is 65.6 Å². The van der Waals surface area contributed by atoms with Gasteiger partial charge in [-0.3, -0.25) is 18.9 Å². The summed E-state index contributed by atoms with van der Waals surface area (Å²) in [6, 6.07) is 16.1. The third-order valence-electron chi connectivity index (χ3n) is 7.44. The highest BCUT2D eigenvalue weighted by atomic mass is 31.3. The highest BCUT2D eigenvalue weighted by Crippen LogP contribution is 2.66. The van der Waals surface area contributed by atoms with Crippen LogP contribution in [0.25, 0.3) is 44.8 Å². The Bertz CT molecular complexity index is 2390. The van der Waals surface area contributed by atoms with Gasteiger partial charge in [0.15, 0.2) is 5.58 Å². The number of anilines is 1. The fourth-order valence-electron chi connectivity index (χ4n) is 5.18. The molecule has 0 spiro atoms. The number of nitrogen functional groups attached to an aromatic ring is 1. The van der Waals surface area contributed by atoms with Crippen LogP contribution >= 0.6 is 23.5 Å². The molecule has 3 aromatic carbocycles. The number of nitrogens with one attached hydrogen (secondary N) is 1. The highest BCUT2D eigenvalue weighted by Gasteiger charge is 2.43. The third kappa shape index (κ3) is 8.51. The average Bonchev–Trinajstić information content (AvgIpc) is 3.61. The lowest BCUT2D eigenvalue weighted by atomic mass is 10.00. The Balaban J connectivity index is 1.17. The number of fused-ring (bicyclic) bond motifs is 1. The lowest BCUT2D eigenvalue weighted by Crippen LogP contribution is -2.33. The summed E-state index contributed by atoms with van der Waals surface area (Å²) in [5.74, 6) is -0.451. The number of aromatic nitrogens is 3. The molecule has 23 heteroatoms. The Labute approximate surface area is 284 Å². The minimum Gasteiger partial charge on any atom is -0.436 e. The Morgan fingerprint density at radius 1 is 0.922 bits per heavy atom. The monoisotopic (exact) mass is 770 g/mol. The van der Waals surface area contributed by atoms with Crippen LogP contribution in [0.1, 0.15) is 12.6 Å². The fourth-order valence-corrected chi connectivity index (χ4v) is 8.21. The van der Waals surface area contributed by atoms with E-state index in [9.17, 15) is 38.2 Å². The van der Waals surface area contributed by atoms with E-state index in [1.165, 1.54) is 12.1 Å². The van der Waals surface area contributed by atoms with E-state index in [4.69, 9.17) is 24.7 Å². The number of phosphoric ester groups is 1. The van der Waals surface area contributed by atoms with Gasteiger partial charge in [0, 0.05) is 29.4 Å². The number of hydrogen-bond acceptors (Lipinski definition) is 13. The van der Waals surface area contributed by atoms with Gasteiger partial charge in [-0.05, 0) is 47.5 Å². The summed E-state index contributed by atoms with van der Waals surface area (Å²) in [5.41, 5.74) is 6.84. The predicted molar refractivity (Wildman–Crippen MR) is 174 cm³/mol. The number of oxazole rings is 1. The molecule has 5 aromatic rings. The Morgan fingerprint density at radius 3 is 2.29 bits per heavy atom. The summed E-state index contributed by atoms with van der Waals surface area (Å²) >= 11 is 0. The number of ether oxygens (including phenoxy) is 1. The van der Waals surface area contributed by atoms with Crippen molar-refractivity contribution in [3.8, 4) is 33.7 Å². The molecule has 8 N–H and O–H groups in total. The molecule has 6 rings (SSSR count). The topological polar surface area (TPSA) is 296 Å². The first-order valence-electron chi connectivity index (χ1n) is 14.4. The number of aliphatic hydroxyl groups excluding tert-OH is 1. The molecule has 0 radical (unpaired) electrons. The number of halogens is 1. The van der Waals surface area contributed by atoms with E-state index in [0.29, 0.717) is 39.4 Å². The van der Waals surface area contributed by atoms with Gasteiger partial charge in [0.1, 0.15) is 23.7 Å². The second-order valence-electron chi connectivity index (χ2n) is 11.0. The van der Waals surface area contributed by atoms with E-state index in [2.05, 4.69) is 23.1 Å². The highest BCUT2D eigenvalue weighted by molar-refractivity contribution is 7.66. The molecule has 51 heavy (non-hydrogen) atoms. The number of aliphatic hydroxyl groups is 1. The number of phosphoric acid groups is 3. The van der Waals surface area contributed by atoms with Crippen LogP contribution in [0.3, 0.4) is 0 Å². The number of H-pyrrole nitrogens is 1. The second-order valence-corrected chi connectivity index (χ2v) is 15.5. The first kappa shape index (κ1) is 36.7. The first-order chi connectivity index (χ1) is 23.9. The molecule has 2 unspecified atom stereocenters. The number of nitrogens with zero attached hydrogens (tertiary/aromatic N) is 2. The number of aromatic amines is 1. The molecule has 0 saturated carbocycles. The summed E-state index contributed by atoms with van der Waals surface area (Å²) < 4.78 is 73.8. The lowest BCUT2D eigenvalue weighted by molar-refractivity contribution is -0.0449. The number of benzene rings is 3. The SMILES string of the molecule is Nc1ccc2oc(-c3ccc(-c4ccc(-c5cn([C@H]6C[C@H](O)[C@@H](COP(=O)(O)OP(=O)(O)OP(=O)(O)O)O6)c(=O)[nH]c5=O)c(F)c4)cc3)nc2c1. The predicted octanol–water partition coefficient (Wildman–Crippen LogP) is 3.39. The largest absolute Gasteiger partial charge is 0.490 e. The van der Waals surface area contributed by atoms with E-state index in [0.717, 1.165) is 10.8 Å². The molecule has 0 aliphatic carbocycles. The maximum atomic E-state index is 15.5. The molecule has 1 saturated heterocycles. The summed E-state index contributed by atoms with van der Waals surface area (Å²) in [5, 5.41) is 10.4. The van der Waals surface area contributed by atoms with Crippen molar-refractivity contribution in [2.75, 3.05) is 12.3 Å². The zero-order chi connectivity index (χ0) is 36.9. The van der Waals surface area contributed by atoms with Gasteiger partial charge in [-0.2, -0.15) is 8.62 Å². The Morgan fingerprint density at radius 2 is 1.61 bits per heavy atom.